The predicted molar refractivity (Wildman–Crippen MR) is 43.1 cm³/mol. The van der Waals surface area contributed by atoms with Gasteiger partial charge in [-0.05, 0) is 0 Å². The van der Waals surface area contributed by atoms with Gasteiger partial charge < -0.3 is 19.9 Å². The number of carbonyl (C=O) groups excluding carboxylic acids is 1. The van der Waals surface area contributed by atoms with Crippen LogP contribution in [-0.2, 0) is 14.3 Å². The molecule has 2 aliphatic rings. The Hall–Kier alpha value is -0.720. The van der Waals surface area contributed by atoms with Gasteiger partial charge in [-0.25, -0.2) is 4.39 Å². The number of halogens is 1. The fourth-order valence-corrected chi connectivity index (χ4v) is 1.79. The first-order valence-electron chi connectivity index (χ1n) is 4.46. The van der Waals surface area contributed by atoms with Gasteiger partial charge in [0, 0.05) is 6.92 Å². The molecule has 80 valence electrons. The van der Waals surface area contributed by atoms with Gasteiger partial charge >= 0.3 is 0 Å². The van der Waals surface area contributed by atoms with Crippen molar-refractivity contribution in [2.75, 3.05) is 6.61 Å². The van der Waals surface area contributed by atoms with E-state index in [1.807, 2.05) is 0 Å². The highest BCUT2D eigenvalue weighted by Gasteiger charge is 2.50. The minimum Gasteiger partial charge on any atom is -0.388 e. The third-order valence-electron chi connectivity index (χ3n) is 2.46. The molecule has 2 heterocycles. The van der Waals surface area contributed by atoms with Crippen molar-refractivity contribution in [1.82, 2.24) is 5.32 Å². The molecule has 2 aliphatic heterocycles. The molecule has 2 bridgehead atoms. The highest BCUT2D eigenvalue weighted by Crippen LogP contribution is 2.29. The van der Waals surface area contributed by atoms with Crippen LogP contribution in [-0.4, -0.2) is 48.3 Å². The van der Waals surface area contributed by atoms with Crippen molar-refractivity contribution >= 4 is 5.91 Å². The van der Waals surface area contributed by atoms with Gasteiger partial charge in [-0.1, -0.05) is 0 Å². The summed E-state index contributed by atoms with van der Waals surface area (Å²) >= 11 is 0. The van der Waals surface area contributed by atoms with Crippen LogP contribution in [0.1, 0.15) is 6.92 Å². The Morgan fingerprint density at radius 1 is 1.64 bits per heavy atom. The number of fused-ring (bicyclic) bond motifs is 2. The van der Waals surface area contributed by atoms with Crippen molar-refractivity contribution in [2.45, 2.75) is 37.6 Å². The second-order valence-corrected chi connectivity index (χ2v) is 3.54. The number of hydrogen-bond donors (Lipinski definition) is 2. The van der Waals surface area contributed by atoms with E-state index < -0.39 is 30.7 Å². The van der Waals surface area contributed by atoms with Crippen molar-refractivity contribution in [1.29, 1.82) is 0 Å². The minimum absolute atomic E-state index is 0.201. The second-order valence-electron chi connectivity index (χ2n) is 3.54. The summed E-state index contributed by atoms with van der Waals surface area (Å²) in [6.07, 6.45) is -4.30. The van der Waals surface area contributed by atoms with E-state index in [9.17, 15) is 14.3 Å². The molecule has 0 aromatic rings. The lowest BCUT2D eigenvalue weighted by atomic mass is 9.99. The van der Waals surface area contributed by atoms with Crippen LogP contribution in [0.15, 0.2) is 0 Å². The van der Waals surface area contributed by atoms with E-state index in [0.717, 1.165) is 0 Å². The first kappa shape index (κ1) is 9.82. The van der Waals surface area contributed by atoms with E-state index >= 15 is 0 Å². The molecule has 0 aromatic heterocycles. The minimum atomic E-state index is -1.61. The van der Waals surface area contributed by atoms with Gasteiger partial charge in [0.15, 0.2) is 12.5 Å². The Balaban J connectivity index is 2.10. The third kappa shape index (κ3) is 1.49. The fraction of sp³-hybridized carbons (Fsp3) is 0.875. The standard InChI is InChI=1S/C8H12FNO4/c1-3(11)10-6-4-2-13-8(14-4)5(9)7(6)12/h4-8,12H,2H2,1H3,(H,10,11)/t4-,5-,6-,7-,8-/m1/s1. The normalized spacial score (nSPS) is 46.4. The molecule has 0 spiro atoms. The largest absolute Gasteiger partial charge is 0.388 e. The monoisotopic (exact) mass is 205 g/mol. The van der Waals surface area contributed by atoms with Crippen LogP contribution in [0.5, 0.6) is 0 Å². The number of rotatable bonds is 1. The highest BCUT2D eigenvalue weighted by molar-refractivity contribution is 5.73. The molecule has 14 heavy (non-hydrogen) atoms. The molecule has 5 nitrogen and oxygen atoms in total. The summed E-state index contributed by atoms with van der Waals surface area (Å²) in [4.78, 5) is 10.8. The summed E-state index contributed by atoms with van der Waals surface area (Å²) in [6.45, 7) is 1.51. The van der Waals surface area contributed by atoms with Crippen LogP contribution in [0.25, 0.3) is 0 Å². The van der Waals surface area contributed by atoms with Crippen molar-refractivity contribution < 1.29 is 23.8 Å². The fourth-order valence-electron chi connectivity index (χ4n) is 1.79. The lowest BCUT2D eigenvalue weighted by molar-refractivity contribution is -0.179. The molecule has 1 amide bonds. The molecule has 0 aliphatic carbocycles. The summed E-state index contributed by atoms with van der Waals surface area (Å²) in [6, 6.07) is -0.721. The topological polar surface area (TPSA) is 67.8 Å². The number of hydrogen-bond acceptors (Lipinski definition) is 4. The first-order chi connectivity index (χ1) is 6.59. The van der Waals surface area contributed by atoms with Gasteiger partial charge in [0.25, 0.3) is 0 Å². The van der Waals surface area contributed by atoms with E-state index in [1.165, 1.54) is 6.92 Å². The van der Waals surface area contributed by atoms with E-state index in [4.69, 9.17) is 9.47 Å². The van der Waals surface area contributed by atoms with E-state index in [-0.39, 0.29) is 12.5 Å². The summed E-state index contributed by atoms with van der Waals surface area (Å²) < 4.78 is 23.4. The van der Waals surface area contributed by atoms with Gasteiger partial charge in [-0.3, -0.25) is 4.79 Å². The van der Waals surface area contributed by atoms with Gasteiger partial charge in [-0.2, -0.15) is 0 Å². The quantitative estimate of drug-likeness (QED) is 0.573. The second kappa shape index (κ2) is 3.45. The molecule has 2 fully saturated rings. The smallest absolute Gasteiger partial charge is 0.217 e. The Morgan fingerprint density at radius 2 is 2.36 bits per heavy atom. The summed E-state index contributed by atoms with van der Waals surface area (Å²) in [5.41, 5.74) is 0. The van der Waals surface area contributed by atoms with E-state index in [1.54, 1.807) is 0 Å². The maximum atomic E-state index is 13.3. The average molecular weight is 205 g/mol. The lowest BCUT2D eigenvalue weighted by Gasteiger charge is -2.34. The zero-order valence-electron chi connectivity index (χ0n) is 7.64. The number of alkyl halides is 1. The zero-order chi connectivity index (χ0) is 10.3. The number of amides is 1. The molecular weight excluding hydrogens is 193 g/mol. The van der Waals surface area contributed by atoms with Gasteiger partial charge in [0.2, 0.25) is 5.91 Å². The summed E-state index contributed by atoms with van der Waals surface area (Å²) in [5.74, 6) is -0.324. The van der Waals surface area contributed by atoms with E-state index in [2.05, 4.69) is 5.32 Å². The zero-order valence-corrected chi connectivity index (χ0v) is 7.64. The molecule has 0 radical (unpaired) electrons. The van der Waals surface area contributed by atoms with Crippen LogP contribution in [0.2, 0.25) is 0 Å². The first-order valence-corrected chi connectivity index (χ1v) is 4.46. The van der Waals surface area contributed by atoms with Gasteiger partial charge in [0.05, 0.1) is 12.6 Å². The summed E-state index contributed by atoms with van der Waals surface area (Å²) in [7, 11) is 0. The molecule has 2 rings (SSSR count). The maximum absolute atomic E-state index is 13.3. The number of aliphatic hydroxyl groups excluding tert-OH is 1. The van der Waals surface area contributed by atoms with Crippen molar-refractivity contribution in [3.05, 3.63) is 0 Å². The third-order valence-corrected chi connectivity index (χ3v) is 2.46. The van der Waals surface area contributed by atoms with Crippen molar-refractivity contribution in [3.63, 3.8) is 0 Å². The molecule has 6 heteroatoms. The number of aliphatic hydroxyl groups is 1. The Bertz CT molecular complexity index is 249. The van der Waals surface area contributed by atoms with E-state index in [0.29, 0.717) is 0 Å². The van der Waals surface area contributed by atoms with Crippen LogP contribution >= 0.6 is 0 Å². The maximum Gasteiger partial charge on any atom is 0.217 e. The van der Waals surface area contributed by atoms with Crippen molar-refractivity contribution in [2.24, 2.45) is 0 Å². The van der Waals surface area contributed by atoms with Gasteiger partial charge in [-0.15, -0.1) is 0 Å². The predicted octanol–water partition coefficient (Wildman–Crippen LogP) is -1.05. The Labute approximate surface area is 80.2 Å². The van der Waals surface area contributed by atoms with Crippen LogP contribution in [0.3, 0.4) is 0 Å². The number of ether oxygens (including phenoxy) is 2. The highest BCUT2D eigenvalue weighted by atomic mass is 19.1. The molecule has 0 unspecified atom stereocenters. The number of nitrogens with one attached hydrogen (secondary N) is 1. The summed E-state index contributed by atoms with van der Waals surface area (Å²) in [5, 5.41) is 12.0. The van der Waals surface area contributed by atoms with Crippen LogP contribution < -0.4 is 5.32 Å². The molecular formula is C8H12FNO4. The number of carbonyl (C=O) groups is 1. The average Bonchev–Trinajstić information content (AvgIpc) is 2.55. The van der Waals surface area contributed by atoms with Crippen molar-refractivity contribution in [3.8, 4) is 0 Å². The molecule has 5 atom stereocenters. The molecule has 0 saturated carbocycles. The lowest BCUT2D eigenvalue weighted by Crippen LogP contribution is -2.59. The molecule has 2 saturated heterocycles. The van der Waals surface area contributed by atoms with Gasteiger partial charge in [0.1, 0.15) is 12.2 Å². The molecule has 2 N–H and O–H groups in total. The van der Waals surface area contributed by atoms with Crippen LogP contribution in [0, 0.1) is 0 Å². The molecule has 0 aromatic carbocycles. The Morgan fingerprint density at radius 3 is 3.00 bits per heavy atom. The SMILES string of the molecule is CC(=O)N[C@H]1[C@H](O)[C@@H](F)[C@@H]2OC[C@H]1O2. The van der Waals surface area contributed by atoms with Crippen LogP contribution in [0.4, 0.5) is 4.39 Å². The Kier molecular flexibility index (Phi) is 2.42.